The van der Waals surface area contributed by atoms with E-state index in [1.807, 2.05) is 30.3 Å². The Labute approximate surface area is 136 Å². The van der Waals surface area contributed by atoms with Crippen molar-refractivity contribution in [2.45, 2.75) is 4.90 Å². The first kappa shape index (κ1) is 15.2. The highest BCUT2D eigenvalue weighted by Crippen LogP contribution is 2.27. The lowest BCUT2D eigenvalue weighted by atomic mass is 10.1. The van der Waals surface area contributed by atoms with Crippen molar-refractivity contribution in [2.75, 3.05) is 5.75 Å². The van der Waals surface area contributed by atoms with Gasteiger partial charge in [-0.2, -0.15) is 0 Å². The SMILES string of the molecule is O=C(CSc1cccc2cccnc12)c1cccc([N+](=O)[O-])c1. The Bertz CT molecular complexity index is 890. The Hall–Kier alpha value is -2.73. The molecule has 0 aliphatic heterocycles. The van der Waals surface area contributed by atoms with E-state index >= 15 is 0 Å². The van der Waals surface area contributed by atoms with Crippen LogP contribution in [0.4, 0.5) is 5.69 Å². The van der Waals surface area contributed by atoms with E-state index in [-0.39, 0.29) is 17.2 Å². The van der Waals surface area contributed by atoms with E-state index < -0.39 is 4.92 Å². The maximum atomic E-state index is 12.3. The highest BCUT2D eigenvalue weighted by molar-refractivity contribution is 8.00. The Morgan fingerprint density at radius 2 is 1.91 bits per heavy atom. The molecule has 0 saturated heterocycles. The number of rotatable bonds is 5. The minimum absolute atomic E-state index is 0.0762. The van der Waals surface area contributed by atoms with Gasteiger partial charge in [-0.25, -0.2) is 0 Å². The number of ketones is 1. The van der Waals surface area contributed by atoms with Gasteiger partial charge in [0.05, 0.1) is 16.2 Å². The van der Waals surface area contributed by atoms with Crippen molar-refractivity contribution >= 4 is 34.1 Å². The molecule has 6 heteroatoms. The van der Waals surface area contributed by atoms with Crippen LogP contribution in [0.5, 0.6) is 0 Å². The van der Waals surface area contributed by atoms with Crippen molar-refractivity contribution in [2.24, 2.45) is 0 Å². The fraction of sp³-hybridized carbons (Fsp3) is 0.0588. The van der Waals surface area contributed by atoms with Gasteiger partial charge in [0, 0.05) is 34.2 Å². The van der Waals surface area contributed by atoms with Crippen molar-refractivity contribution in [1.82, 2.24) is 4.98 Å². The highest BCUT2D eigenvalue weighted by atomic mass is 32.2. The normalized spacial score (nSPS) is 10.6. The summed E-state index contributed by atoms with van der Waals surface area (Å²) < 4.78 is 0. The Morgan fingerprint density at radius 3 is 2.74 bits per heavy atom. The zero-order chi connectivity index (χ0) is 16.2. The van der Waals surface area contributed by atoms with Crippen LogP contribution in [0.15, 0.2) is 65.7 Å². The molecule has 0 saturated carbocycles. The van der Waals surface area contributed by atoms with Crippen molar-refractivity contribution in [3.63, 3.8) is 0 Å². The summed E-state index contributed by atoms with van der Waals surface area (Å²) in [5.41, 5.74) is 1.12. The first-order valence-electron chi connectivity index (χ1n) is 6.89. The number of carbonyl (C=O) groups is 1. The number of hydrogen-bond donors (Lipinski definition) is 0. The third kappa shape index (κ3) is 3.37. The summed E-state index contributed by atoms with van der Waals surface area (Å²) in [6.07, 6.45) is 1.72. The number of pyridine rings is 1. The molecule has 0 amide bonds. The lowest BCUT2D eigenvalue weighted by Crippen LogP contribution is -2.03. The minimum atomic E-state index is -0.501. The summed E-state index contributed by atoms with van der Waals surface area (Å²) in [6, 6.07) is 15.4. The second-order valence-electron chi connectivity index (χ2n) is 4.85. The number of hydrogen-bond acceptors (Lipinski definition) is 5. The number of benzene rings is 2. The first-order chi connectivity index (χ1) is 11.1. The summed E-state index contributed by atoms with van der Waals surface area (Å²) in [6.45, 7) is 0. The molecular weight excluding hydrogens is 312 g/mol. The third-order valence-corrected chi connectivity index (χ3v) is 4.38. The van der Waals surface area contributed by atoms with Crippen LogP contribution in [0.2, 0.25) is 0 Å². The van der Waals surface area contributed by atoms with E-state index in [1.165, 1.54) is 30.0 Å². The van der Waals surface area contributed by atoms with E-state index in [9.17, 15) is 14.9 Å². The average Bonchev–Trinajstić information content (AvgIpc) is 2.59. The van der Waals surface area contributed by atoms with Crippen molar-refractivity contribution in [3.8, 4) is 0 Å². The molecule has 3 rings (SSSR count). The number of nitro benzene ring substituents is 1. The summed E-state index contributed by atoms with van der Waals surface area (Å²) in [5.74, 6) is 0.0586. The van der Waals surface area contributed by atoms with Gasteiger partial charge in [-0.3, -0.25) is 19.9 Å². The van der Waals surface area contributed by atoms with Crippen molar-refractivity contribution in [3.05, 3.63) is 76.5 Å². The largest absolute Gasteiger partial charge is 0.293 e. The second kappa shape index (κ2) is 6.58. The van der Waals surface area contributed by atoms with E-state index in [2.05, 4.69) is 4.98 Å². The zero-order valence-electron chi connectivity index (χ0n) is 12.0. The van der Waals surface area contributed by atoms with Crippen LogP contribution >= 0.6 is 11.8 Å². The molecule has 3 aromatic rings. The highest BCUT2D eigenvalue weighted by Gasteiger charge is 2.12. The number of non-ortho nitro benzene ring substituents is 1. The number of carbonyl (C=O) groups excluding carboxylic acids is 1. The van der Waals surface area contributed by atoms with Gasteiger partial charge in [-0.1, -0.05) is 30.3 Å². The van der Waals surface area contributed by atoms with Crippen LogP contribution in [-0.2, 0) is 0 Å². The molecule has 2 aromatic carbocycles. The van der Waals surface area contributed by atoms with Gasteiger partial charge in [0.15, 0.2) is 5.78 Å². The Balaban J connectivity index is 1.78. The number of para-hydroxylation sites is 1. The molecule has 5 nitrogen and oxygen atoms in total. The topological polar surface area (TPSA) is 73.1 Å². The predicted molar refractivity (Wildman–Crippen MR) is 89.9 cm³/mol. The van der Waals surface area contributed by atoms with E-state index in [0.29, 0.717) is 5.56 Å². The molecule has 114 valence electrons. The van der Waals surface area contributed by atoms with Crippen LogP contribution in [-0.4, -0.2) is 21.4 Å². The molecule has 23 heavy (non-hydrogen) atoms. The van der Waals surface area contributed by atoms with Crippen LogP contribution < -0.4 is 0 Å². The number of nitro groups is 1. The van der Waals surface area contributed by atoms with Gasteiger partial charge in [-0.15, -0.1) is 11.8 Å². The van der Waals surface area contributed by atoms with Gasteiger partial charge >= 0.3 is 0 Å². The average molecular weight is 324 g/mol. The fourth-order valence-corrected chi connectivity index (χ4v) is 3.15. The molecular formula is C17H12N2O3S. The van der Waals surface area contributed by atoms with Gasteiger partial charge < -0.3 is 0 Å². The molecule has 0 aliphatic rings. The van der Waals surface area contributed by atoms with Gasteiger partial charge in [0.25, 0.3) is 5.69 Å². The summed E-state index contributed by atoms with van der Waals surface area (Å²) in [7, 11) is 0. The minimum Gasteiger partial charge on any atom is -0.293 e. The summed E-state index contributed by atoms with van der Waals surface area (Å²) >= 11 is 1.39. The summed E-state index contributed by atoms with van der Waals surface area (Å²) in [5, 5.41) is 11.8. The maximum Gasteiger partial charge on any atom is 0.270 e. The van der Waals surface area contributed by atoms with Crippen LogP contribution in [0, 0.1) is 10.1 Å². The van der Waals surface area contributed by atoms with E-state index in [4.69, 9.17) is 0 Å². The van der Waals surface area contributed by atoms with Gasteiger partial charge in [0.1, 0.15) is 0 Å². The number of fused-ring (bicyclic) bond motifs is 1. The van der Waals surface area contributed by atoms with Crippen LogP contribution in [0.1, 0.15) is 10.4 Å². The van der Waals surface area contributed by atoms with Gasteiger partial charge in [0.2, 0.25) is 0 Å². The molecule has 0 bridgehead atoms. The van der Waals surface area contributed by atoms with Crippen molar-refractivity contribution in [1.29, 1.82) is 0 Å². The molecule has 0 N–H and O–H groups in total. The standard InChI is InChI=1S/C17H12N2O3S/c20-15(13-5-1-7-14(10-13)19(21)22)11-23-16-8-2-4-12-6-3-9-18-17(12)16/h1-10H,11H2. The molecule has 0 radical (unpaired) electrons. The molecule has 0 spiro atoms. The lowest BCUT2D eigenvalue weighted by molar-refractivity contribution is -0.384. The first-order valence-corrected chi connectivity index (χ1v) is 7.88. The lowest BCUT2D eigenvalue weighted by Gasteiger charge is -2.05. The maximum absolute atomic E-state index is 12.3. The molecule has 1 aromatic heterocycles. The third-order valence-electron chi connectivity index (χ3n) is 3.33. The number of Topliss-reactive ketones (excluding diaryl/α,β-unsaturated/α-hetero) is 1. The molecule has 1 heterocycles. The van der Waals surface area contributed by atoms with Crippen LogP contribution in [0.3, 0.4) is 0 Å². The van der Waals surface area contributed by atoms with Crippen LogP contribution in [0.25, 0.3) is 10.9 Å². The van der Waals surface area contributed by atoms with Gasteiger partial charge in [-0.05, 0) is 12.1 Å². The van der Waals surface area contributed by atoms with E-state index in [0.717, 1.165) is 15.8 Å². The predicted octanol–water partition coefficient (Wildman–Crippen LogP) is 4.12. The summed E-state index contributed by atoms with van der Waals surface area (Å²) in [4.78, 5) is 27.8. The second-order valence-corrected chi connectivity index (χ2v) is 5.87. The Morgan fingerprint density at radius 1 is 1.13 bits per heavy atom. The monoisotopic (exact) mass is 324 g/mol. The number of thioether (sulfide) groups is 1. The number of aromatic nitrogens is 1. The molecule has 0 fully saturated rings. The number of nitrogens with zero attached hydrogens (tertiary/aromatic N) is 2. The Kier molecular flexibility index (Phi) is 4.34. The quantitative estimate of drug-likeness (QED) is 0.305. The fourth-order valence-electron chi connectivity index (χ4n) is 2.21. The molecule has 0 unspecified atom stereocenters. The smallest absolute Gasteiger partial charge is 0.270 e. The van der Waals surface area contributed by atoms with Crippen molar-refractivity contribution < 1.29 is 9.72 Å². The zero-order valence-corrected chi connectivity index (χ0v) is 12.8. The van der Waals surface area contributed by atoms with E-state index in [1.54, 1.807) is 12.3 Å². The molecule has 0 aliphatic carbocycles. The molecule has 0 atom stereocenters.